The highest BCUT2D eigenvalue weighted by Gasteiger charge is 2.10. The lowest BCUT2D eigenvalue weighted by atomic mass is 10.3. The van der Waals surface area contributed by atoms with Crippen LogP contribution in [0.5, 0.6) is 0 Å². The zero-order valence-electron chi connectivity index (χ0n) is 8.97. The van der Waals surface area contributed by atoms with Gasteiger partial charge in [-0.1, -0.05) is 0 Å². The number of aromatic nitrogens is 3. The molecule has 0 aliphatic rings. The van der Waals surface area contributed by atoms with Crippen molar-refractivity contribution >= 4 is 28.2 Å². The summed E-state index contributed by atoms with van der Waals surface area (Å²) >= 11 is 1.36. The maximum Gasteiger partial charge on any atom is 0.277 e. The first-order valence-corrected chi connectivity index (χ1v) is 5.61. The summed E-state index contributed by atoms with van der Waals surface area (Å²) in [5.74, 6) is 5.18. The normalized spacial score (nSPS) is 10.0. The van der Waals surface area contributed by atoms with Crippen molar-refractivity contribution in [2.75, 3.05) is 10.7 Å². The molecule has 0 aliphatic heterocycles. The molecule has 0 aromatic carbocycles. The number of hydrogen-bond donors (Lipinski definition) is 3. The number of carbonyl (C=O) groups excluding carboxylic acids is 1. The fraction of sp³-hybridized carbons (Fsp3) is 0.111. The first kappa shape index (κ1) is 11.4. The van der Waals surface area contributed by atoms with E-state index in [1.165, 1.54) is 17.4 Å². The second kappa shape index (κ2) is 4.85. The number of anilines is 2. The molecule has 0 fully saturated rings. The number of nitrogens with zero attached hydrogens (tertiary/aromatic N) is 3. The summed E-state index contributed by atoms with van der Waals surface area (Å²) in [6, 6.07) is 3.09. The molecule has 0 radical (unpaired) electrons. The van der Waals surface area contributed by atoms with Gasteiger partial charge < -0.3 is 5.43 Å². The lowest BCUT2D eigenvalue weighted by molar-refractivity contribution is 0.102. The molecule has 0 saturated heterocycles. The van der Waals surface area contributed by atoms with Crippen LogP contribution in [0.2, 0.25) is 0 Å². The molecule has 0 spiro atoms. The molecule has 0 aliphatic carbocycles. The van der Waals surface area contributed by atoms with Crippen molar-refractivity contribution in [3.05, 3.63) is 28.9 Å². The third-order valence-corrected chi connectivity index (χ3v) is 2.76. The minimum atomic E-state index is -0.351. The highest BCUT2D eigenvalue weighted by molar-refractivity contribution is 7.13. The molecule has 1 amide bonds. The van der Waals surface area contributed by atoms with E-state index in [1.807, 2.05) is 12.3 Å². The number of nitrogens with one attached hydrogen (secondary N) is 2. The summed E-state index contributed by atoms with van der Waals surface area (Å²) in [6.07, 6.45) is 0. The van der Waals surface area contributed by atoms with Crippen molar-refractivity contribution in [3.63, 3.8) is 0 Å². The van der Waals surface area contributed by atoms with Crippen molar-refractivity contribution in [2.24, 2.45) is 5.84 Å². The van der Waals surface area contributed by atoms with E-state index in [4.69, 9.17) is 5.84 Å². The monoisotopic (exact) mass is 250 g/mol. The molecule has 2 heterocycles. The summed E-state index contributed by atoms with van der Waals surface area (Å²) in [4.78, 5) is 15.8. The fourth-order valence-corrected chi connectivity index (χ4v) is 1.79. The largest absolute Gasteiger partial charge is 0.307 e. The van der Waals surface area contributed by atoms with Gasteiger partial charge in [0.2, 0.25) is 0 Å². The van der Waals surface area contributed by atoms with Gasteiger partial charge in [0.1, 0.15) is 0 Å². The zero-order valence-corrected chi connectivity index (χ0v) is 9.78. The Bertz CT molecular complexity index is 523. The van der Waals surface area contributed by atoms with Gasteiger partial charge in [-0.25, -0.2) is 10.8 Å². The van der Waals surface area contributed by atoms with Crippen molar-refractivity contribution in [1.82, 2.24) is 15.2 Å². The van der Waals surface area contributed by atoms with Crippen LogP contribution in [-0.4, -0.2) is 21.1 Å². The SMILES string of the molecule is Cc1csc(NC(=O)c2ccc(NN)nn2)n1. The highest BCUT2D eigenvalue weighted by Crippen LogP contribution is 2.15. The number of hydrogen-bond acceptors (Lipinski definition) is 7. The van der Waals surface area contributed by atoms with Crippen LogP contribution in [0.4, 0.5) is 10.9 Å². The number of thiazole rings is 1. The fourth-order valence-electron chi connectivity index (χ4n) is 1.10. The predicted molar refractivity (Wildman–Crippen MR) is 64.6 cm³/mol. The molecular formula is C9H10N6OS. The summed E-state index contributed by atoms with van der Waals surface area (Å²) in [5, 5.41) is 12.4. The van der Waals surface area contributed by atoms with Gasteiger partial charge in [-0.2, -0.15) is 0 Å². The molecule has 2 rings (SSSR count). The number of amides is 1. The van der Waals surface area contributed by atoms with E-state index >= 15 is 0 Å². The standard InChI is InChI=1S/C9H10N6OS/c1-5-4-17-9(11-5)12-8(16)6-2-3-7(13-10)15-14-6/h2-4H,10H2,1H3,(H,13,15)(H,11,12,16). The lowest BCUT2D eigenvalue weighted by Crippen LogP contribution is -2.15. The van der Waals surface area contributed by atoms with Gasteiger partial charge >= 0.3 is 0 Å². The first-order chi connectivity index (χ1) is 8.19. The van der Waals surface area contributed by atoms with Crippen LogP contribution in [-0.2, 0) is 0 Å². The maximum absolute atomic E-state index is 11.7. The van der Waals surface area contributed by atoms with Crippen LogP contribution in [0.15, 0.2) is 17.5 Å². The number of hydrazine groups is 1. The Kier molecular flexibility index (Phi) is 3.26. The minimum Gasteiger partial charge on any atom is -0.307 e. The number of nitrogen functional groups attached to an aromatic ring is 1. The van der Waals surface area contributed by atoms with Crippen molar-refractivity contribution in [1.29, 1.82) is 0 Å². The molecular weight excluding hydrogens is 240 g/mol. The molecule has 2 aromatic heterocycles. The zero-order chi connectivity index (χ0) is 12.3. The maximum atomic E-state index is 11.7. The Hall–Kier alpha value is -2.06. The molecule has 8 heteroatoms. The molecule has 4 N–H and O–H groups in total. The van der Waals surface area contributed by atoms with Gasteiger partial charge in [-0.3, -0.25) is 10.1 Å². The minimum absolute atomic E-state index is 0.205. The Morgan fingerprint density at radius 2 is 2.24 bits per heavy atom. The van der Waals surface area contributed by atoms with Crippen LogP contribution in [0.3, 0.4) is 0 Å². The van der Waals surface area contributed by atoms with E-state index < -0.39 is 0 Å². The number of carbonyl (C=O) groups is 1. The van der Waals surface area contributed by atoms with Gasteiger partial charge in [0.25, 0.3) is 5.91 Å². The Labute approximate surface area is 101 Å². The Morgan fingerprint density at radius 3 is 2.76 bits per heavy atom. The van der Waals surface area contributed by atoms with Gasteiger partial charge in [0.05, 0.1) is 5.69 Å². The third kappa shape index (κ3) is 2.74. The van der Waals surface area contributed by atoms with Crippen LogP contribution in [0.25, 0.3) is 0 Å². The second-order valence-corrected chi connectivity index (χ2v) is 4.05. The summed E-state index contributed by atoms with van der Waals surface area (Å²) in [6.45, 7) is 1.85. The average molecular weight is 250 g/mol. The quantitative estimate of drug-likeness (QED) is 0.549. The Morgan fingerprint density at radius 1 is 1.41 bits per heavy atom. The summed E-state index contributed by atoms with van der Waals surface area (Å²) in [5.41, 5.74) is 3.40. The predicted octanol–water partition coefficient (Wildman–Crippen LogP) is 0.779. The van der Waals surface area contributed by atoms with Gasteiger partial charge in [-0.15, -0.1) is 21.5 Å². The second-order valence-electron chi connectivity index (χ2n) is 3.20. The molecule has 0 bridgehead atoms. The molecule has 88 valence electrons. The van der Waals surface area contributed by atoms with E-state index in [1.54, 1.807) is 6.07 Å². The van der Waals surface area contributed by atoms with E-state index in [9.17, 15) is 4.79 Å². The molecule has 2 aromatic rings. The topological polar surface area (TPSA) is 106 Å². The van der Waals surface area contributed by atoms with Crippen molar-refractivity contribution in [3.8, 4) is 0 Å². The van der Waals surface area contributed by atoms with Crippen molar-refractivity contribution in [2.45, 2.75) is 6.92 Å². The lowest BCUT2D eigenvalue weighted by Gasteiger charge is -2.01. The number of aryl methyl sites for hydroxylation is 1. The van der Waals surface area contributed by atoms with E-state index in [-0.39, 0.29) is 11.6 Å². The van der Waals surface area contributed by atoms with E-state index in [0.29, 0.717) is 10.9 Å². The molecule has 17 heavy (non-hydrogen) atoms. The average Bonchev–Trinajstić information content (AvgIpc) is 2.75. The van der Waals surface area contributed by atoms with Crippen molar-refractivity contribution < 1.29 is 4.79 Å². The first-order valence-electron chi connectivity index (χ1n) is 4.73. The number of rotatable bonds is 3. The number of nitrogens with two attached hydrogens (primary N) is 1. The van der Waals surface area contributed by atoms with Gasteiger partial charge in [0, 0.05) is 5.38 Å². The van der Waals surface area contributed by atoms with Crippen LogP contribution >= 0.6 is 11.3 Å². The molecule has 0 atom stereocenters. The van der Waals surface area contributed by atoms with Crippen LogP contribution in [0, 0.1) is 6.92 Å². The van der Waals surface area contributed by atoms with Gasteiger partial charge in [-0.05, 0) is 19.1 Å². The molecule has 0 saturated carbocycles. The smallest absolute Gasteiger partial charge is 0.277 e. The van der Waals surface area contributed by atoms with Gasteiger partial charge in [0.15, 0.2) is 16.6 Å². The molecule has 0 unspecified atom stereocenters. The molecule has 7 nitrogen and oxygen atoms in total. The van der Waals surface area contributed by atoms with E-state index in [2.05, 4.69) is 25.9 Å². The summed E-state index contributed by atoms with van der Waals surface area (Å²) < 4.78 is 0. The Balaban J connectivity index is 2.09. The third-order valence-electron chi connectivity index (χ3n) is 1.88. The highest BCUT2D eigenvalue weighted by atomic mass is 32.1. The van der Waals surface area contributed by atoms with Crippen LogP contribution in [0.1, 0.15) is 16.2 Å². The summed E-state index contributed by atoms with van der Waals surface area (Å²) in [7, 11) is 0. The van der Waals surface area contributed by atoms with E-state index in [0.717, 1.165) is 5.69 Å². The van der Waals surface area contributed by atoms with Crippen LogP contribution < -0.4 is 16.6 Å².